The van der Waals surface area contributed by atoms with Crippen LogP contribution in [0.5, 0.6) is 5.75 Å². The lowest BCUT2D eigenvalue weighted by atomic mass is 9.70. The number of rotatable bonds is 8. The number of benzene rings is 1. The Kier molecular flexibility index (Phi) is 8.50. The Morgan fingerprint density at radius 3 is 2.41 bits per heavy atom. The van der Waals surface area contributed by atoms with Gasteiger partial charge in [-0.15, -0.1) is 0 Å². The zero-order valence-electron chi connectivity index (χ0n) is 18.2. The molecule has 1 fully saturated rings. The SMILES string of the molecule is CC(C)[C@@H]1CC[C@@H](C)C[C@H]1C(=O)NC[C@H](Cc1ccc(O)cc1)NC(=O)[C@@H](C)N. The summed E-state index contributed by atoms with van der Waals surface area (Å²) in [5, 5.41) is 15.5. The van der Waals surface area contributed by atoms with Gasteiger partial charge in [0.15, 0.2) is 0 Å². The third-order valence-electron chi connectivity index (χ3n) is 6.06. The first-order valence-corrected chi connectivity index (χ1v) is 10.8. The summed E-state index contributed by atoms with van der Waals surface area (Å²) in [6, 6.07) is 6.00. The van der Waals surface area contributed by atoms with E-state index in [1.807, 2.05) is 12.1 Å². The lowest BCUT2D eigenvalue weighted by Gasteiger charge is -2.36. The lowest BCUT2D eigenvalue weighted by molar-refractivity contribution is -0.130. The molecule has 6 heteroatoms. The van der Waals surface area contributed by atoms with E-state index < -0.39 is 6.04 Å². The molecule has 0 heterocycles. The molecule has 5 atom stereocenters. The number of hydrogen-bond acceptors (Lipinski definition) is 4. The summed E-state index contributed by atoms with van der Waals surface area (Å²) in [7, 11) is 0. The van der Waals surface area contributed by atoms with Crippen LogP contribution in [0, 0.1) is 23.7 Å². The molecule has 6 nitrogen and oxygen atoms in total. The molecule has 1 aromatic rings. The molecule has 1 saturated carbocycles. The van der Waals surface area contributed by atoms with Gasteiger partial charge >= 0.3 is 0 Å². The summed E-state index contributed by atoms with van der Waals surface area (Å²) in [6.07, 6.45) is 3.74. The van der Waals surface area contributed by atoms with E-state index in [0.717, 1.165) is 18.4 Å². The van der Waals surface area contributed by atoms with Gasteiger partial charge in [0.05, 0.1) is 12.1 Å². The molecule has 29 heavy (non-hydrogen) atoms. The predicted octanol–water partition coefficient (Wildman–Crippen LogP) is 2.59. The Hall–Kier alpha value is -2.08. The van der Waals surface area contributed by atoms with E-state index in [-0.39, 0.29) is 29.5 Å². The summed E-state index contributed by atoms with van der Waals surface area (Å²) in [5.41, 5.74) is 6.68. The van der Waals surface area contributed by atoms with Crippen molar-refractivity contribution in [2.24, 2.45) is 29.4 Å². The molecule has 1 aromatic carbocycles. The van der Waals surface area contributed by atoms with Crippen molar-refractivity contribution >= 4 is 11.8 Å². The highest BCUT2D eigenvalue weighted by molar-refractivity contribution is 5.82. The zero-order chi connectivity index (χ0) is 21.6. The predicted molar refractivity (Wildman–Crippen MR) is 115 cm³/mol. The highest BCUT2D eigenvalue weighted by atomic mass is 16.3. The van der Waals surface area contributed by atoms with Gasteiger partial charge in [0.1, 0.15) is 5.75 Å². The first-order chi connectivity index (χ1) is 13.7. The van der Waals surface area contributed by atoms with Crippen LogP contribution in [0.3, 0.4) is 0 Å². The molecule has 2 rings (SSSR count). The van der Waals surface area contributed by atoms with E-state index in [2.05, 4.69) is 31.4 Å². The highest BCUT2D eigenvalue weighted by Gasteiger charge is 2.35. The number of phenols is 1. The second-order valence-electron chi connectivity index (χ2n) is 9.04. The molecule has 0 unspecified atom stereocenters. The molecule has 162 valence electrons. The molecule has 0 spiro atoms. The van der Waals surface area contributed by atoms with Gasteiger partial charge in [-0.2, -0.15) is 0 Å². The van der Waals surface area contributed by atoms with E-state index in [1.165, 1.54) is 6.42 Å². The van der Waals surface area contributed by atoms with E-state index in [1.54, 1.807) is 19.1 Å². The van der Waals surface area contributed by atoms with Crippen molar-refractivity contribution in [1.29, 1.82) is 0 Å². The number of carbonyl (C=O) groups is 2. The molecule has 1 aliphatic carbocycles. The fourth-order valence-corrected chi connectivity index (χ4v) is 4.28. The second kappa shape index (κ2) is 10.6. The fraction of sp³-hybridized carbons (Fsp3) is 0.652. The summed E-state index contributed by atoms with van der Waals surface area (Å²) in [4.78, 5) is 25.1. The monoisotopic (exact) mass is 403 g/mol. The third kappa shape index (κ3) is 7.03. The zero-order valence-corrected chi connectivity index (χ0v) is 18.2. The van der Waals surface area contributed by atoms with Crippen LogP contribution in [0.25, 0.3) is 0 Å². The van der Waals surface area contributed by atoms with E-state index in [0.29, 0.717) is 30.7 Å². The fourth-order valence-electron chi connectivity index (χ4n) is 4.28. The molecule has 0 bridgehead atoms. The molecule has 5 N–H and O–H groups in total. The molecule has 0 radical (unpaired) electrons. The molecule has 0 aliphatic heterocycles. The number of hydrogen-bond donors (Lipinski definition) is 4. The van der Waals surface area contributed by atoms with Crippen LogP contribution >= 0.6 is 0 Å². The van der Waals surface area contributed by atoms with Crippen molar-refractivity contribution in [2.75, 3.05) is 6.54 Å². The number of nitrogens with two attached hydrogens (primary N) is 1. The number of amides is 2. The van der Waals surface area contributed by atoms with Crippen LogP contribution in [0.2, 0.25) is 0 Å². The van der Waals surface area contributed by atoms with Crippen LogP contribution in [0.1, 0.15) is 52.5 Å². The van der Waals surface area contributed by atoms with Crippen LogP contribution in [-0.4, -0.2) is 35.5 Å². The summed E-state index contributed by atoms with van der Waals surface area (Å²) < 4.78 is 0. The minimum atomic E-state index is -0.613. The number of phenolic OH excluding ortho intramolecular Hbond substituents is 1. The minimum Gasteiger partial charge on any atom is -0.508 e. The van der Waals surface area contributed by atoms with Gasteiger partial charge in [0.25, 0.3) is 0 Å². The quantitative estimate of drug-likeness (QED) is 0.535. The first kappa shape index (κ1) is 23.2. The van der Waals surface area contributed by atoms with Crippen molar-refractivity contribution in [3.05, 3.63) is 29.8 Å². The molecule has 2 amide bonds. The van der Waals surface area contributed by atoms with E-state index >= 15 is 0 Å². The standard InChI is InChI=1S/C23H37N3O3/c1-14(2)20-10-5-15(3)11-21(20)23(29)25-13-18(26-22(28)16(4)24)12-17-6-8-19(27)9-7-17/h6-9,14-16,18,20-21,27H,5,10-13,24H2,1-4H3,(H,25,29)(H,26,28)/t15-,16-,18+,20+,21-/m1/s1. The van der Waals surface area contributed by atoms with Crippen molar-refractivity contribution in [2.45, 2.75) is 65.5 Å². The Bertz CT molecular complexity index is 672. The van der Waals surface area contributed by atoms with Crippen LogP contribution in [0.4, 0.5) is 0 Å². The Morgan fingerprint density at radius 2 is 1.83 bits per heavy atom. The number of nitrogens with one attached hydrogen (secondary N) is 2. The van der Waals surface area contributed by atoms with Gasteiger partial charge < -0.3 is 21.5 Å². The summed E-state index contributed by atoms with van der Waals surface area (Å²) >= 11 is 0. The van der Waals surface area contributed by atoms with Gasteiger partial charge in [-0.25, -0.2) is 0 Å². The summed E-state index contributed by atoms with van der Waals surface area (Å²) in [6.45, 7) is 8.60. The van der Waals surface area contributed by atoms with Gasteiger partial charge in [-0.1, -0.05) is 39.3 Å². The average Bonchev–Trinajstić information content (AvgIpc) is 2.67. The maximum atomic E-state index is 13.0. The smallest absolute Gasteiger partial charge is 0.236 e. The minimum absolute atomic E-state index is 0.0252. The van der Waals surface area contributed by atoms with Crippen molar-refractivity contribution in [3.8, 4) is 5.75 Å². The van der Waals surface area contributed by atoms with Gasteiger partial charge in [-0.3, -0.25) is 9.59 Å². The molecule has 0 aromatic heterocycles. The maximum Gasteiger partial charge on any atom is 0.236 e. The van der Waals surface area contributed by atoms with E-state index in [9.17, 15) is 14.7 Å². The van der Waals surface area contributed by atoms with Crippen molar-refractivity contribution in [1.82, 2.24) is 10.6 Å². The third-order valence-corrected chi connectivity index (χ3v) is 6.06. The Balaban J connectivity index is 2.03. The number of aromatic hydroxyl groups is 1. The molecular formula is C23H37N3O3. The molecular weight excluding hydrogens is 366 g/mol. The highest BCUT2D eigenvalue weighted by Crippen LogP contribution is 2.38. The summed E-state index contributed by atoms with van der Waals surface area (Å²) in [5.74, 6) is 1.51. The normalized spacial score (nSPS) is 24.0. The van der Waals surface area contributed by atoms with Crippen molar-refractivity contribution in [3.63, 3.8) is 0 Å². The largest absolute Gasteiger partial charge is 0.508 e. The Morgan fingerprint density at radius 1 is 1.17 bits per heavy atom. The topological polar surface area (TPSA) is 104 Å². The number of carbonyl (C=O) groups excluding carboxylic acids is 2. The van der Waals surface area contributed by atoms with Gasteiger partial charge in [0, 0.05) is 12.5 Å². The maximum absolute atomic E-state index is 13.0. The molecule has 0 saturated heterocycles. The van der Waals surface area contributed by atoms with Gasteiger partial charge in [-0.05, 0) is 61.6 Å². The van der Waals surface area contributed by atoms with Crippen LogP contribution in [0.15, 0.2) is 24.3 Å². The second-order valence-corrected chi connectivity index (χ2v) is 9.04. The Labute approximate surface area is 174 Å². The van der Waals surface area contributed by atoms with Crippen LogP contribution in [-0.2, 0) is 16.0 Å². The van der Waals surface area contributed by atoms with Crippen molar-refractivity contribution < 1.29 is 14.7 Å². The van der Waals surface area contributed by atoms with Gasteiger partial charge in [0.2, 0.25) is 11.8 Å². The molecule has 1 aliphatic rings. The van der Waals surface area contributed by atoms with Crippen LogP contribution < -0.4 is 16.4 Å². The average molecular weight is 404 g/mol. The van der Waals surface area contributed by atoms with E-state index in [4.69, 9.17) is 5.73 Å². The lowest BCUT2D eigenvalue weighted by Crippen LogP contribution is -2.51. The first-order valence-electron chi connectivity index (χ1n) is 10.8.